The predicted octanol–water partition coefficient (Wildman–Crippen LogP) is 0.851. The lowest BCUT2D eigenvalue weighted by Crippen LogP contribution is -2.48. The lowest BCUT2D eigenvalue weighted by Gasteiger charge is -2.35. The smallest absolute Gasteiger partial charge is 0.327 e. The number of fused-ring (bicyclic) bond motifs is 1. The third-order valence-electron chi connectivity index (χ3n) is 3.03. The summed E-state index contributed by atoms with van der Waals surface area (Å²) in [5.74, 6) is -0.848. The summed E-state index contributed by atoms with van der Waals surface area (Å²) in [5, 5.41) is 9.13. The van der Waals surface area contributed by atoms with Crippen LogP contribution in [0.15, 0.2) is 24.3 Å². The number of carboxylic acid groups (broad SMARTS) is 1. The Kier molecular flexibility index (Phi) is 3.10. The Morgan fingerprint density at radius 2 is 2.25 bits per heavy atom. The van der Waals surface area contributed by atoms with E-state index in [1.54, 1.807) is 0 Å². The second-order valence-corrected chi connectivity index (χ2v) is 4.02. The van der Waals surface area contributed by atoms with Crippen molar-refractivity contribution in [3.8, 4) is 0 Å². The van der Waals surface area contributed by atoms with Crippen LogP contribution in [-0.4, -0.2) is 30.2 Å². The molecule has 0 amide bonds. The SMILES string of the molecule is NCC(C(=O)O)N1CCCc2ccccc21. The average Bonchev–Trinajstić information content (AvgIpc) is 2.30. The van der Waals surface area contributed by atoms with Crippen molar-refractivity contribution < 1.29 is 9.90 Å². The topological polar surface area (TPSA) is 66.6 Å². The zero-order chi connectivity index (χ0) is 11.5. The Bertz CT molecular complexity index is 392. The van der Waals surface area contributed by atoms with Gasteiger partial charge in [-0.1, -0.05) is 18.2 Å². The van der Waals surface area contributed by atoms with Gasteiger partial charge in [-0.25, -0.2) is 4.79 Å². The van der Waals surface area contributed by atoms with Gasteiger partial charge in [0.2, 0.25) is 0 Å². The summed E-state index contributed by atoms with van der Waals surface area (Å²) in [6.45, 7) is 0.912. The van der Waals surface area contributed by atoms with Crippen molar-refractivity contribution >= 4 is 11.7 Å². The van der Waals surface area contributed by atoms with E-state index in [4.69, 9.17) is 10.8 Å². The molecule has 2 rings (SSSR count). The number of nitrogens with zero attached hydrogens (tertiary/aromatic N) is 1. The molecule has 0 spiro atoms. The highest BCUT2D eigenvalue weighted by atomic mass is 16.4. The van der Waals surface area contributed by atoms with Gasteiger partial charge in [-0.2, -0.15) is 0 Å². The van der Waals surface area contributed by atoms with Crippen molar-refractivity contribution in [1.82, 2.24) is 0 Å². The van der Waals surface area contributed by atoms with Gasteiger partial charge in [-0.3, -0.25) is 0 Å². The number of para-hydroxylation sites is 1. The average molecular weight is 220 g/mol. The molecule has 1 heterocycles. The van der Waals surface area contributed by atoms with Gasteiger partial charge in [-0.05, 0) is 24.5 Å². The number of benzene rings is 1. The van der Waals surface area contributed by atoms with Crippen LogP contribution >= 0.6 is 0 Å². The maximum atomic E-state index is 11.1. The summed E-state index contributed by atoms with van der Waals surface area (Å²) in [6.07, 6.45) is 2.00. The van der Waals surface area contributed by atoms with Crippen LogP contribution in [0.25, 0.3) is 0 Å². The molecule has 0 radical (unpaired) electrons. The van der Waals surface area contributed by atoms with E-state index in [1.807, 2.05) is 23.1 Å². The summed E-state index contributed by atoms with van der Waals surface area (Å²) >= 11 is 0. The van der Waals surface area contributed by atoms with E-state index < -0.39 is 12.0 Å². The summed E-state index contributed by atoms with van der Waals surface area (Å²) in [5.41, 5.74) is 7.78. The fraction of sp³-hybridized carbons (Fsp3) is 0.417. The summed E-state index contributed by atoms with van der Waals surface area (Å²) in [4.78, 5) is 13.0. The molecule has 0 saturated carbocycles. The number of hydrogen-bond acceptors (Lipinski definition) is 3. The quantitative estimate of drug-likeness (QED) is 0.792. The Balaban J connectivity index is 2.34. The van der Waals surface area contributed by atoms with Crippen LogP contribution in [0.5, 0.6) is 0 Å². The minimum Gasteiger partial charge on any atom is -0.480 e. The van der Waals surface area contributed by atoms with E-state index in [9.17, 15) is 4.79 Å². The molecule has 1 aliphatic heterocycles. The molecule has 0 aliphatic carbocycles. The molecule has 3 N–H and O–H groups in total. The van der Waals surface area contributed by atoms with Crippen molar-refractivity contribution in [2.45, 2.75) is 18.9 Å². The molecule has 1 atom stereocenters. The van der Waals surface area contributed by atoms with Crippen LogP contribution in [0.3, 0.4) is 0 Å². The number of rotatable bonds is 3. The van der Waals surface area contributed by atoms with Gasteiger partial charge in [0.05, 0.1) is 0 Å². The van der Waals surface area contributed by atoms with Gasteiger partial charge >= 0.3 is 5.97 Å². The lowest BCUT2D eigenvalue weighted by atomic mass is 10.00. The molecule has 0 aromatic heterocycles. The van der Waals surface area contributed by atoms with Gasteiger partial charge in [-0.15, -0.1) is 0 Å². The van der Waals surface area contributed by atoms with E-state index in [1.165, 1.54) is 5.56 Å². The third kappa shape index (κ3) is 1.88. The minimum atomic E-state index is -0.848. The van der Waals surface area contributed by atoms with Crippen LogP contribution in [0, 0.1) is 0 Å². The molecule has 1 aromatic rings. The number of hydrogen-bond donors (Lipinski definition) is 2. The first kappa shape index (κ1) is 11.0. The van der Waals surface area contributed by atoms with Gasteiger partial charge in [0.1, 0.15) is 6.04 Å². The summed E-state index contributed by atoms with van der Waals surface area (Å²) in [7, 11) is 0. The Morgan fingerprint density at radius 1 is 1.50 bits per heavy atom. The largest absolute Gasteiger partial charge is 0.480 e. The highest BCUT2D eigenvalue weighted by Crippen LogP contribution is 2.28. The second-order valence-electron chi connectivity index (χ2n) is 4.02. The van der Waals surface area contributed by atoms with Crippen LogP contribution < -0.4 is 10.6 Å². The highest BCUT2D eigenvalue weighted by Gasteiger charge is 2.27. The van der Waals surface area contributed by atoms with E-state index in [-0.39, 0.29) is 6.54 Å². The number of aliphatic carboxylic acids is 1. The predicted molar refractivity (Wildman–Crippen MR) is 62.6 cm³/mol. The van der Waals surface area contributed by atoms with Gasteiger partial charge in [0.15, 0.2) is 0 Å². The summed E-state index contributed by atoms with van der Waals surface area (Å²) in [6, 6.07) is 7.34. The first-order valence-electron chi connectivity index (χ1n) is 5.51. The number of nitrogens with two attached hydrogens (primary N) is 1. The number of aryl methyl sites for hydroxylation is 1. The molecule has 0 bridgehead atoms. The number of anilines is 1. The first-order valence-corrected chi connectivity index (χ1v) is 5.51. The van der Waals surface area contributed by atoms with Crippen LogP contribution in [0.2, 0.25) is 0 Å². The van der Waals surface area contributed by atoms with Gasteiger partial charge < -0.3 is 15.7 Å². The van der Waals surface area contributed by atoms with Crippen molar-refractivity contribution in [2.24, 2.45) is 5.73 Å². The van der Waals surface area contributed by atoms with Gasteiger partial charge in [0.25, 0.3) is 0 Å². The van der Waals surface area contributed by atoms with Crippen LogP contribution in [0.1, 0.15) is 12.0 Å². The van der Waals surface area contributed by atoms with E-state index >= 15 is 0 Å². The van der Waals surface area contributed by atoms with E-state index in [0.29, 0.717) is 0 Å². The molecule has 1 unspecified atom stereocenters. The Hall–Kier alpha value is -1.55. The molecule has 16 heavy (non-hydrogen) atoms. The highest BCUT2D eigenvalue weighted by molar-refractivity contribution is 5.79. The number of carbonyl (C=O) groups is 1. The molecule has 4 nitrogen and oxygen atoms in total. The van der Waals surface area contributed by atoms with Crippen molar-refractivity contribution in [1.29, 1.82) is 0 Å². The number of carboxylic acids is 1. The Morgan fingerprint density at radius 3 is 2.94 bits per heavy atom. The standard InChI is InChI=1S/C12H16N2O2/c13-8-11(12(15)16)14-7-3-5-9-4-1-2-6-10(9)14/h1-2,4,6,11H,3,5,7-8,13H2,(H,15,16). The molecule has 86 valence electrons. The van der Waals surface area contributed by atoms with Crippen LogP contribution in [-0.2, 0) is 11.2 Å². The Labute approximate surface area is 94.7 Å². The summed E-state index contributed by atoms with van der Waals surface area (Å²) < 4.78 is 0. The van der Waals surface area contributed by atoms with Crippen molar-refractivity contribution in [3.05, 3.63) is 29.8 Å². The molecule has 0 fully saturated rings. The maximum Gasteiger partial charge on any atom is 0.327 e. The van der Waals surface area contributed by atoms with E-state index in [0.717, 1.165) is 25.1 Å². The lowest BCUT2D eigenvalue weighted by molar-refractivity contribution is -0.138. The molecule has 1 aliphatic rings. The maximum absolute atomic E-state index is 11.1. The van der Waals surface area contributed by atoms with Gasteiger partial charge in [0, 0.05) is 18.8 Å². The normalized spacial score (nSPS) is 16.7. The first-order chi connectivity index (χ1) is 7.74. The molecule has 0 saturated heterocycles. The van der Waals surface area contributed by atoms with E-state index in [2.05, 4.69) is 6.07 Å². The zero-order valence-corrected chi connectivity index (χ0v) is 9.10. The second kappa shape index (κ2) is 4.53. The van der Waals surface area contributed by atoms with Crippen LogP contribution in [0.4, 0.5) is 5.69 Å². The molecule has 4 heteroatoms. The van der Waals surface area contributed by atoms with Crippen molar-refractivity contribution in [3.63, 3.8) is 0 Å². The van der Waals surface area contributed by atoms with Crippen molar-refractivity contribution in [2.75, 3.05) is 18.0 Å². The minimum absolute atomic E-state index is 0.143. The molecular weight excluding hydrogens is 204 g/mol. The molecule has 1 aromatic carbocycles. The fourth-order valence-corrected chi connectivity index (χ4v) is 2.25. The molecular formula is C12H16N2O2. The zero-order valence-electron chi connectivity index (χ0n) is 9.10. The fourth-order valence-electron chi connectivity index (χ4n) is 2.25. The monoisotopic (exact) mass is 220 g/mol. The third-order valence-corrected chi connectivity index (χ3v) is 3.03.